The van der Waals surface area contributed by atoms with Gasteiger partial charge in [-0.05, 0) is 32.4 Å². The minimum Gasteiger partial charge on any atom is -0.341 e. The Morgan fingerprint density at radius 1 is 1.45 bits per heavy atom. The molecule has 20 heavy (non-hydrogen) atoms. The van der Waals surface area contributed by atoms with Gasteiger partial charge in [0.25, 0.3) is 0 Å². The van der Waals surface area contributed by atoms with Crippen LogP contribution in [0.5, 0.6) is 0 Å². The molecule has 3 amide bonds. The first-order valence-corrected chi connectivity index (χ1v) is 6.84. The number of thioether (sulfide) groups is 1. The van der Waals surface area contributed by atoms with Gasteiger partial charge in [-0.25, -0.2) is 9.78 Å². The molecule has 0 aliphatic carbocycles. The lowest BCUT2D eigenvalue weighted by atomic mass is 10.1. The standard InChI is InChI=1S/C13H16N4O2S/c1-7-5-8(2)16-12(10(7)6-14)20-9(3)11(18)17-13(19)15-4/h5,9H,1-4H3,(H2,15,17,18,19). The summed E-state index contributed by atoms with van der Waals surface area (Å²) in [7, 11) is 1.43. The van der Waals surface area contributed by atoms with Crippen LogP contribution in [-0.4, -0.2) is 29.2 Å². The third kappa shape index (κ3) is 3.96. The summed E-state index contributed by atoms with van der Waals surface area (Å²) in [4.78, 5) is 27.2. The molecule has 7 heteroatoms. The molecule has 0 saturated heterocycles. The predicted molar refractivity (Wildman–Crippen MR) is 76.3 cm³/mol. The lowest BCUT2D eigenvalue weighted by molar-refractivity contribution is -0.119. The molecule has 106 valence electrons. The molecule has 1 unspecified atom stereocenters. The maximum absolute atomic E-state index is 11.8. The van der Waals surface area contributed by atoms with E-state index in [9.17, 15) is 9.59 Å². The summed E-state index contributed by atoms with van der Waals surface area (Å²) in [6.45, 7) is 5.31. The third-order valence-corrected chi connectivity index (χ3v) is 3.63. The molecular weight excluding hydrogens is 276 g/mol. The Morgan fingerprint density at radius 3 is 2.65 bits per heavy atom. The molecule has 6 nitrogen and oxygen atoms in total. The highest BCUT2D eigenvalue weighted by Crippen LogP contribution is 2.27. The van der Waals surface area contributed by atoms with Gasteiger partial charge >= 0.3 is 6.03 Å². The summed E-state index contributed by atoms with van der Waals surface area (Å²) in [6, 6.07) is 3.35. The second-order valence-corrected chi connectivity index (χ2v) is 5.53. The number of carbonyl (C=O) groups excluding carboxylic acids is 2. The fraction of sp³-hybridized carbons (Fsp3) is 0.385. The van der Waals surface area contributed by atoms with Gasteiger partial charge in [-0.2, -0.15) is 5.26 Å². The van der Waals surface area contributed by atoms with E-state index >= 15 is 0 Å². The van der Waals surface area contributed by atoms with Crippen LogP contribution >= 0.6 is 11.8 Å². The zero-order chi connectivity index (χ0) is 15.3. The van der Waals surface area contributed by atoms with Gasteiger partial charge in [0.1, 0.15) is 11.1 Å². The van der Waals surface area contributed by atoms with E-state index in [0.29, 0.717) is 10.6 Å². The van der Waals surface area contributed by atoms with Crippen LogP contribution in [0.1, 0.15) is 23.7 Å². The highest BCUT2D eigenvalue weighted by Gasteiger charge is 2.20. The summed E-state index contributed by atoms with van der Waals surface area (Å²) < 4.78 is 0. The van der Waals surface area contributed by atoms with Crippen molar-refractivity contribution in [2.75, 3.05) is 7.05 Å². The van der Waals surface area contributed by atoms with E-state index in [4.69, 9.17) is 5.26 Å². The summed E-state index contributed by atoms with van der Waals surface area (Å²) in [5.41, 5.74) is 2.06. The number of amides is 3. The monoisotopic (exact) mass is 292 g/mol. The van der Waals surface area contributed by atoms with Gasteiger partial charge in [0, 0.05) is 12.7 Å². The van der Waals surface area contributed by atoms with E-state index in [-0.39, 0.29) is 0 Å². The Morgan fingerprint density at radius 2 is 2.10 bits per heavy atom. The molecule has 1 rings (SSSR count). The highest BCUT2D eigenvalue weighted by molar-refractivity contribution is 8.00. The highest BCUT2D eigenvalue weighted by atomic mass is 32.2. The Kier molecular flexibility index (Phi) is 5.53. The molecule has 0 fully saturated rings. The molecular formula is C13H16N4O2S. The Balaban J connectivity index is 2.91. The summed E-state index contributed by atoms with van der Waals surface area (Å²) in [5, 5.41) is 13.6. The summed E-state index contributed by atoms with van der Waals surface area (Å²) in [6.07, 6.45) is 0. The number of carbonyl (C=O) groups is 2. The SMILES string of the molecule is CNC(=O)NC(=O)C(C)Sc1nc(C)cc(C)c1C#N. The molecule has 1 aromatic rings. The number of pyridine rings is 1. The molecule has 2 N–H and O–H groups in total. The molecule has 1 aromatic heterocycles. The smallest absolute Gasteiger partial charge is 0.321 e. The van der Waals surface area contributed by atoms with Crippen LogP contribution in [0.3, 0.4) is 0 Å². The largest absolute Gasteiger partial charge is 0.341 e. The van der Waals surface area contributed by atoms with Gasteiger partial charge in [0.15, 0.2) is 0 Å². The van der Waals surface area contributed by atoms with Crippen molar-refractivity contribution in [2.45, 2.75) is 31.0 Å². The minimum absolute atomic E-state index is 0.431. The molecule has 0 radical (unpaired) electrons. The molecule has 0 spiro atoms. The lowest BCUT2D eigenvalue weighted by Gasteiger charge is -2.12. The number of rotatable bonds is 3. The van der Waals surface area contributed by atoms with Crippen molar-refractivity contribution in [1.82, 2.24) is 15.6 Å². The molecule has 1 atom stereocenters. The van der Waals surface area contributed by atoms with E-state index in [0.717, 1.165) is 23.0 Å². The fourth-order valence-corrected chi connectivity index (χ4v) is 2.54. The number of urea groups is 1. The number of aromatic nitrogens is 1. The Hall–Kier alpha value is -2.07. The summed E-state index contributed by atoms with van der Waals surface area (Å²) >= 11 is 1.16. The molecule has 0 bridgehead atoms. The number of hydrogen-bond acceptors (Lipinski definition) is 5. The maximum atomic E-state index is 11.8. The number of hydrogen-bond donors (Lipinski definition) is 2. The fourth-order valence-electron chi connectivity index (χ4n) is 1.52. The van der Waals surface area contributed by atoms with Crippen molar-refractivity contribution in [2.24, 2.45) is 0 Å². The Bertz CT molecular complexity index is 580. The second-order valence-electron chi connectivity index (χ2n) is 4.20. The first-order valence-electron chi connectivity index (χ1n) is 5.96. The van der Waals surface area contributed by atoms with E-state index in [1.165, 1.54) is 7.05 Å². The number of nitrogens with one attached hydrogen (secondary N) is 2. The van der Waals surface area contributed by atoms with Gasteiger partial charge in [-0.1, -0.05) is 11.8 Å². The third-order valence-electron chi connectivity index (χ3n) is 2.54. The number of nitrogens with zero attached hydrogens (tertiary/aromatic N) is 2. The zero-order valence-electron chi connectivity index (χ0n) is 11.8. The molecule has 0 aliphatic heterocycles. The van der Waals surface area contributed by atoms with Gasteiger partial charge < -0.3 is 5.32 Å². The predicted octanol–water partition coefficient (Wildman–Crippen LogP) is 1.51. The van der Waals surface area contributed by atoms with Crippen LogP contribution < -0.4 is 10.6 Å². The van der Waals surface area contributed by atoms with Crippen molar-refractivity contribution in [3.8, 4) is 6.07 Å². The number of nitriles is 1. The first kappa shape index (κ1) is 16.0. The summed E-state index contributed by atoms with van der Waals surface area (Å²) in [5.74, 6) is -0.431. The average molecular weight is 292 g/mol. The lowest BCUT2D eigenvalue weighted by Crippen LogP contribution is -2.41. The maximum Gasteiger partial charge on any atom is 0.321 e. The minimum atomic E-state index is -0.559. The van der Waals surface area contributed by atoms with Crippen LogP contribution in [-0.2, 0) is 4.79 Å². The van der Waals surface area contributed by atoms with E-state index in [1.807, 2.05) is 19.9 Å². The van der Waals surface area contributed by atoms with Crippen LogP contribution in [0.25, 0.3) is 0 Å². The Labute approximate surface area is 122 Å². The van der Waals surface area contributed by atoms with Crippen LogP contribution in [0.2, 0.25) is 0 Å². The quantitative estimate of drug-likeness (QED) is 0.823. The van der Waals surface area contributed by atoms with Gasteiger partial charge in [0.05, 0.1) is 10.8 Å². The van der Waals surface area contributed by atoms with Crippen molar-refractivity contribution in [3.05, 3.63) is 22.9 Å². The van der Waals surface area contributed by atoms with E-state index in [2.05, 4.69) is 21.7 Å². The molecule has 0 saturated carbocycles. The van der Waals surface area contributed by atoms with Crippen LogP contribution in [0, 0.1) is 25.2 Å². The zero-order valence-corrected chi connectivity index (χ0v) is 12.6. The first-order chi connectivity index (χ1) is 9.38. The molecule has 0 aromatic carbocycles. The van der Waals surface area contributed by atoms with Crippen molar-refractivity contribution in [1.29, 1.82) is 5.26 Å². The van der Waals surface area contributed by atoms with Crippen LogP contribution in [0.15, 0.2) is 11.1 Å². The molecule has 1 heterocycles. The normalized spacial score (nSPS) is 11.3. The molecule has 0 aliphatic rings. The van der Waals surface area contributed by atoms with Crippen molar-refractivity contribution < 1.29 is 9.59 Å². The van der Waals surface area contributed by atoms with Gasteiger partial charge in [-0.15, -0.1) is 0 Å². The van der Waals surface area contributed by atoms with Crippen LogP contribution in [0.4, 0.5) is 4.79 Å². The van der Waals surface area contributed by atoms with Gasteiger partial charge in [-0.3, -0.25) is 10.1 Å². The topological polar surface area (TPSA) is 94.9 Å². The number of aryl methyl sites for hydroxylation is 2. The average Bonchev–Trinajstić information content (AvgIpc) is 2.37. The van der Waals surface area contributed by atoms with Gasteiger partial charge in [0.2, 0.25) is 5.91 Å². The van der Waals surface area contributed by atoms with Crippen molar-refractivity contribution >= 4 is 23.7 Å². The van der Waals surface area contributed by atoms with Crippen molar-refractivity contribution in [3.63, 3.8) is 0 Å². The number of imide groups is 1. The second kappa shape index (κ2) is 6.91. The van der Waals surface area contributed by atoms with E-state index in [1.54, 1.807) is 6.92 Å². The van der Waals surface area contributed by atoms with E-state index < -0.39 is 17.2 Å².